The molecule has 104 valence electrons. The third-order valence-electron chi connectivity index (χ3n) is 3.99. The lowest BCUT2D eigenvalue weighted by Gasteiger charge is -2.32. The second kappa shape index (κ2) is 4.30. The molecular weight excluding hydrogens is 241 g/mol. The fraction of sp³-hybridized carbons (Fsp3) is 0.643. The molecule has 0 saturated carbocycles. The van der Waals surface area contributed by atoms with Crippen LogP contribution in [0.15, 0.2) is 18.3 Å². The predicted octanol–water partition coefficient (Wildman–Crippen LogP) is 1.61. The molecule has 0 radical (unpaired) electrons. The molecule has 0 bridgehead atoms. The first-order valence-electron chi connectivity index (χ1n) is 6.57. The highest BCUT2D eigenvalue weighted by atomic mass is 16.7. The Hall–Kier alpha value is -0.905. The van der Waals surface area contributed by atoms with Crippen molar-refractivity contribution in [2.24, 2.45) is 0 Å². The topological polar surface area (TPSA) is 51.6 Å². The predicted molar refractivity (Wildman–Crippen MR) is 75.2 cm³/mol. The van der Waals surface area contributed by atoms with E-state index >= 15 is 0 Å². The number of nitrogens with zero attached hydrogens (tertiary/aromatic N) is 1. The molecule has 1 fully saturated rings. The van der Waals surface area contributed by atoms with Gasteiger partial charge in [-0.3, -0.25) is 4.98 Å². The van der Waals surface area contributed by atoms with Crippen molar-refractivity contribution in [2.75, 3.05) is 0 Å². The Morgan fingerprint density at radius 1 is 1.11 bits per heavy atom. The van der Waals surface area contributed by atoms with Gasteiger partial charge in [-0.25, -0.2) is 0 Å². The van der Waals surface area contributed by atoms with Crippen molar-refractivity contribution >= 4 is 12.7 Å². The van der Waals surface area contributed by atoms with Crippen molar-refractivity contribution in [3.8, 4) is 0 Å². The van der Waals surface area contributed by atoms with E-state index in [1.165, 1.54) is 0 Å². The summed E-state index contributed by atoms with van der Waals surface area (Å²) in [6, 6.07) is 3.70. The van der Waals surface area contributed by atoms with Crippen LogP contribution in [-0.2, 0) is 14.9 Å². The van der Waals surface area contributed by atoms with Crippen molar-refractivity contribution in [1.82, 2.24) is 4.98 Å². The van der Waals surface area contributed by atoms with Gasteiger partial charge in [0.25, 0.3) is 0 Å². The molecule has 0 amide bonds. The van der Waals surface area contributed by atoms with Crippen molar-refractivity contribution in [3.05, 3.63) is 23.9 Å². The molecule has 0 aliphatic carbocycles. The summed E-state index contributed by atoms with van der Waals surface area (Å²) >= 11 is 0. The number of pyridine rings is 1. The van der Waals surface area contributed by atoms with Crippen LogP contribution >= 0.6 is 0 Å². The monoisotopic (exact) mass is 263 g/mol. The Morgan fingerprint density at radius 3 is 2.00 bits per heavy atom. The van der Waals surface area contributed by atoms with Gasteiger partial charge >= 0.3 is 7.12 Å². The van der Waals surface area contributed by atoms with Gasteiger partial charge in [-0.1, -0.05) is 6.07 Å². The first-order chi connectivity index (χ1) is 8.53. The molecular formula is C14H22BNO3. The normalized spacial score (nSPS) is 21.7. The molecule has 2 rings (SSSR count). The minimum atomic E-state index is -0.887. The van der Waals surface area contributed by atoms with Gasteiger partial charge in [0, 0.05) is 11.8 Å². The molecule has 2 heterocycles. The van der Waals surface area contributed by atoms with Crippen LogP contribution in [0.1, 0.15) is 47.1 Å². The van der Waals surface area contributed by atoms with Gasteiger partial charge in [-0.05, 0) is 47.6 Å². The zero-order chi connectivity index (χ0) is 14.5. The van der Waals surface area contributed by atoms with E-state index < -0.39 is 12.7 Å². The van der Waals surface area contributed by atoms with Gasteiger partial charge in [-0.15, -0.1) is 0 Å². The Balaban J connectivity index is 2.22. The Labute approximate surface area is 115 Å². The van der Waals surface area contributed by atoms with Gasteiger partial charge in [0.2, 0.25) is 0 Å². The average molecular weight is 263 g/mol. The molecule has 0 aromatic carbocycles. The Morgan fingerprint density at radius 2 is 1.63 bits per heavy atom. The van der Waals surface area contributed by atoms with E-state index in [4.69, 9.17) is 9.31 Å². The van der Waals surface area contributed by atoms with Gasteiger partial charge in [0.15, 0.2) is 0 Å². The van der Waals surface area contributed by atoms with Gasteiger partial charge < -0.3 is 14.4 Å². The van der Waals surface area contributed by atoms with Crippen molar-refractivity contribution in [1.29, 1.82) is 0 Å². The van der Waals surface area contributed by atoms with E-state index in [-0.39, 0.29) is 11.2 Å². The smallest absolute Gasteiger partial charge is 0.398 e. The van der Waals surface area contributed by atoms with Crippen LogP contribution in [0.25, 0.3) is 0 Å². The summed E-state index contributed by atoms with van der Waals surface area (Å²) in [5.74, 6) is 0. The molecule has 0 atom stereocenters. The van der Waals surface area contributed by atoms with Gasteiger partial charge in [0.1, 0.15) is 0 Å². The lowest BCUT2D eigenvalue weighted by atomic mass is 9.83. The average Bonchev–Trinajstić information content (AvgIpc) is 2.47. The number of aliphatic hydroxyl groups is 1. The standard InChI is InChI=1S/C14H22BNO3/c1-12(2,17)10-7-8-11(16-9-10)15-18-13(3,4)14(5,6)19-15/h7-9,17H,1-6H3. The number of hydrogen-bond acceptors (Lipinski definition) is 4. The summed E-state index contributed by atoms with van der Waals surface area (Å²) < 4.78 is 11.9. The molecule has 5 heteroatoms. The van der Waals surface area contributed by atoms with Gasteiger partial charge in [0.05, 0.1) is 22.4 Å². The highest BCUT2D eigenvalue weighted by Crippen LogP contribution is 2.36. The fourth-order valence-corrected chi connectivity index (χ4v) is 1.87. The molecule has 1 aliphatic heterocycles. The van der Waals surface area contributed by atoms with Crippen LogP contribution in [0.5, 0.6) is 0 Å². The van der Waals surface area contributed by atoms with Crippen LogP contribution in [0.4, 0.5) is 0 Å². The fourth-order valence-electron chi connectivity index (χ4n) is 1.87. The highest BCUT2D eigenvalue weighted by molar-refractivity contribution is 6.61. The maximum atomic E-state index is 9.91. The third kappa shape index (κ3) is 2.68. The molecule has 0 unspecified atom stereocenters. The van der Waals surface area contributed by atoms with Crippen LogP contribution in [-0.4, -0.2) is 28.4 Å². The van der Waals surface area contributed by atoms with Crippen molar-refractivity contribution in [2.45, 2.75) is 58.3 Å². The lowest BCUT2D eigenvalue weighted by Crippen LogP contribution is -2.41. The largest absolute Gasteiger partial charge is 0.514 e. The van der Waals surface area contributed by atoms with Crippen LogP contribution in [0.2, 0.25) is 0 Å². The van der Waals surface area contributed by atoms with Crippen molar-refractivity contribution in [3.63, 3.8) is 0 Å². The maximum absolute atomic E-state index is 9.91. The number of aromatic nitrogens is 1. The summed E-state index contributed by atoms with van der Waals surface area (Å²) in [5, 5.41) is 9.91. The summed E-state index contributed by atoms with van der Waals surface area (Å²) in [6.45, 7) is 11.5. The van der Waals surface area contributed by atoms with E-state index in [9.17, 15) is 5.11 Å². The summed E-state index contributed by atoms with van der Waals surface area (Å²) in [5.41, 5.74) is -0.122. The quantitative estimate of drug-likeness (QED) is 0.823. The van der Waals surface area contributed by atoms with Crippen molar-refractivity contribution < 1.29 is 14.4 Å². The number of hydrogen-bond donors (Lipinski definition) is 1. The lowest BCUT2D eigenvalue weighted by molar-refractivity contribution is 0.00578. The molecule has 1 aromatic rings. The first-order valence-corrected chi connectivity index (χ1v) is 6.57. The number of rotatable bonds is 2. The van der Waals surface area contributed by atoms with E-state index in [1.807, 2.05) is 39.8 Å². The molecule has 19 heavy (non-hydrogen) atoms. The Bertz CT molecular complexity index is 447. The molecule has 1 N–H and O–H groups in total. The van der Waals surface area contributed by atoms with Crippen LogP contribution < -0.4 is 5.59 Å². The maximum Gasteiger partial charge on any atom is 0.514 e. The van der Waals surface area contributed by atoms with E-state index in [1.54, 1.807) is 20.0 Å². The molecule has 1 aliphatic rings. The third-order valence-corrected chi connectivity index (χ3v) is 3.99. The second-order valence-electron chi connectivity index (χ2n) is 6.62. The van der Waals surface area contributed by atoms with E-state index in [0.717, 1.165) is 11.2 Å². The minimum absolute atomic E-state index is 0.367. The van der Waals surface area contributed by atoms with Crippen LogP contribution in [0, 0.1) is 0 Å². The SMILES string of the molecule is CC(C)(O)c1ccc(B2OC(C)(C)C(C)(C)O2)nc1. The molecule has 1 saturated heterocycles. The minimum Gasteiger partial charge on any atom is -0.398 e. The summed E-state index contributed by atoms with van der Waals surface area (Å²) in [7, 11) is -0.458. The zero-order valence-electron chi connectivity index (χ0n) is 12.5. The molecule has 4 nitrogen and oxygen atoms in total. The summed E-state index contributed by atoms with van der Waals surface area (Å²) in [4.78, 5) is 4.35. The van der Waals surface area contributed by atoms with E-state index in [2.05, 4.69) is 4.98 Å². The highest BCUT2D eigenvalue weighted by Gasteiger charge is 2.52. The zero-order valence-corrected chi connectivity index (χ0v) is 12.5. The summed E-state index contributed by atoms with van der Waals surface area (Å²) in [6.07, 6.45) is 1.67. The molecule has 0 spiro atoms. The first kappa shape index (κ1) is 14.5. The van der Waals surface area contributed by atoms with Crippen LogP contribution in [0.3, 0.4) is 0 Å². The molecule has 1 aromatic heterocycles. The van der Waals surface area contributed by atoms with E-state index in [0.29, 0.717) is 0 Å². The second-order valence-corrected chi connectivity index (χ2v) is 6.62. The van der Waals surface area contributed by atoms with Gasteiger partial charge in [-0.2, -0.15) is 0 Å². The Kier molecular flexibility index (Phi) is 3.28.